The quantitative estimate of drug-likeness (QED) is 0.712. The first-order valence-corrected chi connectivity index (χ1v) is 10.4. The van der Waals surface area contributed by atoms with E-state index in [1.54, 1.807) is 12.2 Å². The van der Waals surface area contributed by atoms with Crippen molar-refractivity contribution in [1.29, 1.82) is 0 Å². The minimum Gasteiger partial charge on any atom is -0.302 e. The number of carbonyl (C=O) groups excluding carboxylic acids is 2. The molecule has 4 atom stereocenters. The molecule has 0 aromatic rings. The Balaban J connectivity index is 1.40. The molecule has 0 aromatic carbocycles. The van der Waals surface area contributed by atoms with E-state index < -0.39 is 0 Å². The summed E-state index contributed by atoms with van der Waals surface area (Å²) >= 11 is 0. The van der Waals surface area contributed by atoms with E-state index in [0.717, 1.165) is 48.2 Å². The molecule has 4 nitrogen and oxygen atoms in total. The van der Waals surface area contributed by atoms with Crippen molar-refractivity contribution in [2.24, 2.45) is 16.8 Å². The zero-order valence-corrected chi connectivity index (χ0v) is 15.7. The molecule has 2 saturated carbocycles. The lowest BCUT2D eigenvalue weighted by Crippen LogP contribution is -2.53. The number of allylic oxidation sites excluding steroid dienone is 7. The van der Waals surface area contributed by atoms with Crippen LogP contribution in [-0.4, -0.2) is 29.4 Å². The number of nitrogens with one attached hydrogen (secondary N) is 1. The third kappa shape index (κ3) is 2.31. The molecule has 0 bridgehead atoms. The molecular formula is C24H22N2O2. The summed E-state index contributed by atoms with van der Waals surface area (Å²) in [5.74, 6) is 0.981. The lowest BCUT2D eigenvalue weighted by Gasteiger charge is -2.45. The van der Waals surface area contributed by atoms with Crippen LogP contribution in [0, 0.1) is 11.8 Å². The Bertz CT molecular complexity index is 1030. The minimum atomic E-state index is 0.0656. The van der Waals surface area contributed by atoms with Crippen molar-refractivity contribution in [3.05, 3.63) is 70.5 Å². The van der Waals surface area contributed by atoms with Crippen LogP contribution in [0.4, 0.5) is 0 Å². The number of ketones is 2. The van der Waals surface area contributed by atoms with Crippen LogP contribution in [0.25, 0.3) is 0 Å². The van der Waals surface area contributed by atoms with Crippen molar-refractivity contribution in [1.82, 2.24) is 5.32 Å². The molecule has 2 heterocycles. The summed E-state index contributed by atoms with van der Waals surface area (Å²) in [4.78, 5) is 29.5. The average molecular weight is 370 g/mol. The molecule has 0 aromatic heterocycles. The summed E-state index contributed by atoms with van der Waals surface area (Å²) in [6, 6.07) is 0.458. The van der Waals surface area contributed by atoms with Crippen molar-refractivity contribution in [3.8, 4) is 0 Å². The van der Waals surface area contributed by atoms with Crippen molar-refractivity contribution in [2.45, 2.75) is 44.2 Å². The molecule has 140 valence electrons. The fourth-order valence-corrected chi connectivity index (χ4v) is 5.63. The van der Waals surface area contributed by atoms with Gasteiger partial charge in [0.1, 0.15) is 0 Å². The van der Waals surface area contributed by atoms with Gasteiger partial charge in [-0.25, -0.2) is 0 Å². The normalized spacial score (nSPS) is 35.6. The van der Waals surface area contributed by atoms with Gasteiger partial charge in [-0.05, 0) is 55.1 Å². The topological polar surface area (TPSA) is 58.5 Å². The molecule has 0 radical (unpaired) electrons. The van der Waals surface area contributed by atoms with E-state index in [0.29, 0.717) is 18.1 Å². The van der Waals surface area contributed by atoms with E-state index in [4.69, 9.17) is 4.99 Å². The largest absolute Gasteiger partial charge is 0.302 e. The molecule has 0 saturated heterocycles. The molecule has 4 unspecified atom stereocenters. The Morgan fingerprint density at radius 2 is 1.96 bits per heavy atom. The standard InChI is InChI=1S/C24H22N2O2/c27-21-5-1-3-19-17(21)11-13-7-10-16-15(23(13)25-19)9-8-14-12-18-20(26-24(14)16)4-2-6-22(18)28/h1,3,5,8-9,11-13,16,20,24,26H,2,4,6-7,10H2. The fourth-order valence-electron chi connectivity index (χ4n) is 5.63. The number of carbonyl (C=O) groups is 2. The van der Waals surface area contributed by atoms with Crippen LogP contribution in [0.3, 0.4) is 0 Å². The number of nitrogens with zero attached hydrogens (tertiary/aromatic N) is 1. The monoisotopic (exact) mass is 370 g/mol. The third-order valence-corrected chi connectivity index (χ3v) is 7.00. The Labute approximate surface area is 164 Å². The number of fused-ring (bicyclic) bond motifs is 7. The summed E-state index contributed by atoms with van der Waals surface area (Å²) < 4.78 is 0. The molecule has 6 aliphatic rings. The number of aliphatic imine (C=N–C) groups is 1. The summed E-state index contributed by atoms with van der Waals surface area (Å²) in [6.45, 7) is 0. The predicted molar refractivity (Wildman–Crippen MR) is 108 cm³/mol. The van der Waals surface area contributed by atoms with Crippen LogP contribution >= 0.6 is 0 Å². The second-order valence-electron chi connectivity index (χ2n) is 8.54. The lowest BCUT2D eigenvalue weighted by atomic mass is 9.66. The smallest absolute Gasteiger partial charge is 0.187 e. The van der Waals surface area contributed by atoms with Crippen molar-refractivity contribution in [3.63, 3.8) is 0 Å². The molecule has 2 fully saturated rings. The second-order valence-corrected chi connectivity index (χ2v) is 8.54. The Morgan fingerprint density at radius 3 is 2.89 bits per heavy atom. The Kier molecular flexibility index (Phi) is 3.48. The molecule has 1 N–H and O–H groups in total. The van der Waals surface area contributed by atoms with Crippen LogP contribution in [-0.2, 0) is 9.59 Å². The fraction of sp³-hybridized carbons (Fsp3) is 0.375. The molecule has 0 amide bonds. The van der Waals surface area contributed by atoms with E-state index in [1.165, 1.54) is 11.1 Å². The third-order valence-electron chi connectivity index (χ3n) is 7.00. The summed E-state index contributed by atoms with van der Waals surface area (Å²) in [5.41, 5.74) is 6.18. The van der Waals surface area contributed by atoms with E-state index in [9.17, 15) is 9.59 Å². The van der Waals surface area contributed by atoms with E-state index in [-0.39, 0.29) is 23.8 Å². The summed E-state index contributed by atoms with van der Waals surface area (Å²) in [7, 11) is 0. The van der Waals surface area contributed by atoms with Gasteiger partial charge < -0.3 is 5.32 Å². The Hall–Kier alpha value is -2.59. The molecule has 0 spiro atoms. The second kappa shape index (κ2) is 5.95. The maximum atomic E-state index is 12.3. The van der Waals surface area contributed by atoms with Gasteiger partial charge in [-0.3, -0.25) is 14.6 Å². The highest BCUT2D eigenvalue weighted by Crippen LogP contribution is 2.44. The van der Waals surface area contributed by atoms with Crippen LogP contribution in [0.5, 0.6) is 0 Å². The maximum absolute atomic E-state index is 12.3. The minimum absolute atomic E-state index is 0.0656. The number of dihydropyridines is 1. The van der Waals surface area contributed by atoms with Gasteiger partial charge >= 0.3 is 0 Å². The van der Waals surface area contributed by atoms with Gasteiger partial charge in [-0.15, -0.1) is 0 Å². The highest BCUT2D eigenvalue weighted by molar-refractivity contribution is 6.14. The average Bonchev–Trinajstić information content (AvgIpc) is 2.72. The number of Topliss-reactive ketones (excluding diaryl/α,β-unsaturated/α-hetero) is 1. The lowest BCUT2D eigenvalue weighted by molar-refractivity contribution is -0.117. The highest BCUT2D eigenvalue weighted by atomic mass is 16.1. The molecule has 4 heteroatoms. The number of hydrogen-bond acceptors (Lipinski definition) is 4. The van der Waals surface area contributed by atoms with Gasteiger partial charge in [0.2, 0.25) is 0 Å². The van der Waals surface area contributed by atoms with Gasteiger partial charge in [0, 0.05) is 41.5 Å². The summed E-state index contributed by atoms with van der Waals surface area (Å²) in [6.07, 6.45) is 18.8. The molecule has 4 aliphatic carbocycles. The number of hydrogen-bond donors (Lipinski definition) is 1. The molecule has 2 aliphatic heterocycles. The van der Waals surface area contributed by atoms with Crippen molar-refractivity contribution in [2.75, 3.05) is 0 Å². The van der Waals surface area contributed by atoms with E-state index in [2.05, 4.69) is 29.6 Å². The van der Waals surface area contributed by atoms with E-state index >= 15 is 0 Å². The first-order valence-electron chi connectivity index (χ1n) is 10.4. The number of rotatable bonds is 0. The highest BCUT2D eigenvalue weighted by Gasteiger charge is 2.43. The molecule has 28 heavy (non-hydrogen) atoms. The van der Waals surface area contributed by atoms with Gasteiger partial charge in [-0.2, -0.15) is 0 Å². The maximum Gasteiger partial charge on any atom is 0.187 e. The van der Waals surface area contributed by atoms with Crippen molar-refractivity contribution >= 4 is 17.3 Å². The zero-order valence-electron chi connectivity index (χ0n) is 15.7. The Morgan fingerprint density at radius 1 is 1.04 bits per heavy atom. The predicted octanol–water partition coefficient (Wildman–Crippen LogP) is 3.30. The van der Waals surface area contributed by atoms with Gasteiger partial charge in [0.25, 0.3) is 0 Å². The van der Waals surface area contributed by atoms with Crippen LogP contribution in [0.15, 0.2) is 75.5 Å². The zero-order chi connectivity index (χ0) is 18.8. The molecular weight excluding hydrogens is 348 g/mol. The van der Waals surface area contributed by atoms with Gasteiger partial charge in [0.05, 0.1) is 11.4 Å². The first-order chi connectivity index (χ1) is 13.7. The van der Waals surface area contributed by atoms with Crippen molar-refractivity contribution < 1.29 is 9.59 Å². The SMILES string of the molecule is O=C1C=CC=C2N=C3C4=CC=C5C=C6C(=O)CCCC6NC5C4CCC3C=C12. The van der Waals surface area contributed by atoms with Crippen LogP contribution < -0.4 is 5.32 Å². The van der Waals surface area contributed by atoms with Gasteiger partial charge in [0.15, 0.2) is 11.6 Å². The first kappa shape index (κ1) is 16.4. The van der Waals surface area contributed by atoms with E-state index in [1.807, 2.05) is 6.08 Å². The van der Waals surface area contributed by atoms with Crippen LogP contribution in [0.2, 0.25) is 0 Å². The summed E-state index contributed by atoms with van der Waals surface area (Å²) in [5, 5.41) is 3.80. The molecule has 6 rings (SSSR count). The van der Waals surface area contributed by atoms with Gasteiger partial charge in [-0.1, -0.05) is 24.3 Å². The van der Waals surface area contributed by atoms with Crippen LogP contribution in [0.1, 0.15) is 32.1 Å².